The SMILES string of the molecule is COc1cc(N2CCN(C(=O)NCCOc3ccccc3)CC2)ccc1-n1cnc(C)n1. The van der Waals surface area contributed by atoms with E-state index in [2.05, 4.69) is 20.3 Å². The lowest BCUT2D eigenvalue weighted by atomic mass is 10.2. The van der Waals surface area contributed by atoms with Gasteiger partial charge in [-0.1, -0.05) is 18.2 Å². The van der Waals surface area contributed by atoms with Crippen molar-refractivity contribution in [1.29, 1.82) is 0 Å². The number of nitrogens with one attached hydrogen (secondary N) is 1. The Morgan fingerprint density at radius 2 is 1.88 bits per heavy atom. The number of urea groups is 1. The first-order valence-corrected chi connectivity index (χ1v) is 10.7. The number of carbonyl (C=O) groups is 1. The van der Waals surface area contributed by atoms with Gasteiger partial charge in [-0.25, -0.2) is 14.5 Å². The van der Waals surface area contributed by atoms with Crippen LogP contribution >= 0.6 is 0 Å². The van der Waals surface area contributed by atoms with Gasteiger partial charge in [0.1, 0.15) is 35.9 Å². The molecule has 1 saturated heterocycles. The topological polar surface area (TPSA) is 84.8 Å². The number of piperazine rings is 1. The van der Waals surface area contributed by atoms with Gasteiger partial charge < -0.3 is 24.6 Å². The Hall–Kier alpha value is -3.75. The zero-order valence-corrected chi connectivity index (χ0v) is 18.4. The molecular formula is C23H28N6O3. The molecule has 168 valence electrons. The van der Waals surface area contributed by atoms with Crippen LogP contribution in [0.4, 0.5) is 10.5 Å². The number of methoxy groups -OCH3 is 1. The van der Waals surface area contributed by atoms with Gasteiger partial charge in [0.25, 0.3) is 0 Å². The summed E-state index contributed by atoms with van der Waals surface area (Å²) in [5.41, 5.74) is 1.89. The van der Waals surface area contributed by atoms with E-state index in [4.69, 9.17) is 9.47 Å². The Morgan fingerprint density at radius 3 is 2.56 bits per heavy atom. The van der Waals surface area contributed by atoms with Crippen LogP contribution in [0.3, 0.4) is 0 Å². The van der Waals surface area contributed by atoms with Crippen molar-refractivity contribution >= 4 is 11.7 Å². The number of para-hydroxylation sites is 1. The fourth-order valence-corrected chi connectivity index (χ4v) is 3.64. The largest absolute Gasteiger partial charge is 0.494 e. The summed E-state index contributed by atoms with van der Waals surface area (Å²) in [6.45, 7) is 5.55. The maximum Gasteiger partial charge on any atom is 0.317 e. The van der Waals surface area contributed by atoms with Gasteiger partial charge in [0.2, 0.25) is 0 Å². The fourth-order valence-electron chi connectivity index (χ4n) is 3.64. The third-order valence-electron chi connectivity index (χ3n) is 5.34. The van der Waals surface area contributed by atoms with Crippen LogP contribution in [-0.2, 0) is 0 Å². The summed E-state index contributed by atoms with van der Waals surface area (Å²) in [7, 11) is 1.65. The van der Waals surface area contributed by atoms with E-state index >= 15 is 0 Å². The highest BCUT2D eigenvalue weighted by Crippen LogP contribution is 2.28. The third-order valence-corrected chi connectivity index (χ3v) is 5.34. The van der Waals surface area contributed by atoms with Crippen molar-refractivity contribution in [2.75, 3.05) is 51.3 Å². The standard InChI is InChI=1S/C23H28N6O3/c1-18-25-17-29(26-18)21-9-8-19(16-22(21)31-2)27-11-13-28(14-12-27)23(30)24-10-15-32-20-6-4-3-5-7-20/h3-9,16-17H,10-15H2,1-2H3,(H,24,30). The molecule has 0 atom stereocenters. The maximum atomic E-state index is 12.5. The quantitative estimate of drug-likeness (QED) is 0.573. The molecule has 1 aromatic heterocycles. The van der Waals surface area contributed by atoms with Crippen molar-refractivity contribution in [3.05, 3.63) is 60.7 Å². The normalized spacial score (nSPS) is 13.7. The molecule has 0 radical (unpaired) electrons. The van der Waals surface area contributed by atoms with Gasteiger partial charge >= 0.3 is 6.03 Å². The van der Waals surface area contributed by atoms with Crippen molar-refractivity contribution in [2.24, 2.45) is 0 Å². The molecule has 2 aromatic carbocycles. The lowest BCUT2D eigenvalue weighted by molar-refractivity contribution is 0.191. The van der Waals surface area contributed by atoms with Gasteiger partial charge in [0, 0.05) is 37.9 Å². The summed E-state index contributed by atoms with van der Waals surface area (Å²) in [6, 6.07) is 15.6. The molecule has 9 heteroatoms. The molecule has 2 heterocycles. The highest BCUT2D eigenvalue weighted by atomic mass is 16.5. The second-order valence-corrected chi connectivity index (χ2v) is 7.46. The molecule has 0 bridgehead atoms. The van der Waals surface area contributed by atoms with Gasteiger partial charge in [-0.3, -0.25) is 0 Å². The molecule has 1 aliphatic heterocycles. The van der Waals surface area contributed by atoms with Crippen molar-refractivity contribution < 1.29 is 14.3 Å². The Labute approximate surface area is 187 Å². The Kier molecular flexibility index (Phi) is 6.74. The monoisotopic (exact) mass is 436 g/mol. The van der Waals surface area contributed by atoms with Crippen LogP contribution in [0.2, 0.25) is 0 Å². The number of nitrogens with zero attached hydrogens (tertiary/aromatic N) is 5. The van der Waals surface area contributed by atoms with Crippen molar-refractivity contribution in [3.8, 4) is 17.2 Å². The number of hydrogen-bond donors (Lipinski definition) is 1. The van der Waals surface area contributed by atoms with Crippen LogP contribution in [0.25, 0.3) is 5.69 Å². The van der Waals surface area contributed by atoms with E-state index in [-0.39, 0.29) is 6.03 Å². The van der Waals surface area contributed by atoms with Crippen molar-refractivity contribution in [3.63, 3.8) is 0 Å². The maximum absolute atomic E-state index is 12.5. The molecule has 1 fully saturated rings. The number of hydrogen-bond acceptors (Lipinski definition) is 6. The number of rotatable bonds is 7. The van der Waals surface area contributed by atoms with Gasteiger partial charge in [-0.15, -0.1) is 0 Å². The Morgan fingerprint density at radius 1 is 1.09 bits per heavy atom. The number of aryl methyl sites for hydroxylation is 1. The predicted octanol–water partition coefficient (Wildman–Crippen LogP) is 2.49. The molecule has 32 heavy (non-hydrogen) atoms. The van der Waals surface area contributed by atoms with Crippen molar-refractivity contribution in [1.82, 2.24) is 25.0 Å². The average Bonchev–Trinajstić information content (AvgIpc) is 3.28. The Bertz CT molecular complexity index is 1030. The number of benzene rings is 2. The zero-order valence-electron chi connectivity index (χ0n) is 18.4. The molecular weight excluding hydrogens is 408 g/mol. The van der Waals surface area contributed by atoms with Crippen LogP contribution in [0, 0.1) is 6.92 Å². The van der Waals surface area contributed by atoms with Crippen LogP contribution in [0.1, 0.15) is 5.82 Å². The lowest BCUT2D eigenvalue weighted by Gasteiger charge is -2.36. The minimum atomic E-state index is -0.0595. The van der Waals surface area contributed by atoms with E-state index in [9.17, 15) is 4.79 Å². The number of amides is 2. The lowest BCUT2D eigenvalue weighted by Crippen LogP contribution is -2.52. The molecule has 0 saturated carbocycles. The van der Waals surface area contributed by atoms with Crippen LogP contribution in [-0.4, -0.2) is 72.1 Å². The van der Waals surface area contributed by atoms with Crippen molar-refractivity contribution in [2.45, 2.75) is 6.92 Å². The number of anilines is 1. The van der Waals surface area contributed by atoms with Gasteiger partial charge in [0.15, 0.2) is 0 Å². The summed E-state index contributed by atoms with van der Waals surface area (Å²) >= 11 is 0. The number of ether oxygens (including phenoxy) is 2. The number of aromatic nitrogens is 3. The molecule has 0 aliphatic carbocycles. The summed E-state index contributed by atoms with van der Waals surface area (Å²) < 4.78 is 12.9. The van der Waals surface area contributed by atoms with E-state index < -0.39 is 0 Å². The molecule has 4 rings (SSSR count). The first kappa shape index (κ1) is 21.5. The van der Waals surface area contributed by atoms with Gasteiger partial charge in [-0.2, -0.15) is 5.10 Å². The smallest absolute Gasteiger partial charge is 0.317 e. The van der Waals surface area contributed by atoms with E-state index in [0.29, 0.717) is 32.1 Å². The fraction of sp³-hybridized carbons (Fsp3) is 0.348. The summed E-state index contributed by atoms with van der Waals surface area (Å²) in [4.78, 5) is 20.7. The predicted molar refractivity (Wildman–Crippen MR) is 122 cm³/mol. The van der Waals surface area contributed by atoms with E-state index in [1.54, 1.807) is 18.1 Å². The molecule has 9 nitrogen and oxygen atoms in total. The minimum absolute atomic E-state index is 0.0595. The average molecular weight is 437 g/mol. The first-order chi connectivity index (χ1) is 15.6. The summed E-state index contributed by atoms with van der Waals surface area (Å²) in [5.74, 6) is 2.24. The van der Waals surface area contributed by atoms with Crippen LogP contribution in [0.5, 0.6) is 11.5 Å². The summed E-state index contributed by atoms with van der Waals surface area (Å²) in [6.07, 6.45) is 1.68. The first-order valence-electron chi connectivity index (χ1n) is 10.7. The highest BCUT2D eigenvalue weighted by molar-refractivity contribution is 5.74. The van der Waals surface area contributed by atoms with E-state index in [1.807, 2.05) is 60.4 Å². The van der Waals surface area contributed by atoms with Gasteiger partial charge in [-0.05, 0) is 31.2 Å². The van der Waals surface area contributed by atoms with Crippen LogP contribution in [0.15, 0.2) is 54.9 Å². The molecule has 0 spiro atoms. The van der Waals surface area contributed by atoms with Crippen LogP contribution < -0.4 is 19.7 Å². The molecule has 1 N–H and O–H groups in total. The molecule has 0 unspecified atom stereocenters. The minimum Gasteiger partial charge on any atom is -0.494 e. The second kappa shape index (κ2) is 10.0. The molecule has 2 amide bonds. The third kappa shape index (κ3) is 5.11. The van der Waals surface area contributed by atoms with E-state index in [1.165, 1.54) is 0 Å². The summed E-state index contributed by atoms with van der Waals surface area (Å²) in [5, 5.41) is 7.29. The number of carbonyl (C=O) groups excluding carboxylic acids is 1. The zero-order chi connectivity index (χ0) is 22.3. The highest BCUT2D eigenvalue weighted by Gasteiger charge is 2.22. The van der Waals surface area contributed by atoms with Gasteiger partial charge in [0.05, 0.1) is 13.7 Å². The Balaban J connectivity index is 1.27. The molecule has 3 aromatic rings. The second-order valence-electron chi connectivity index (χ2n) is 7.46. The van der Waals surface area contributed by atoms with E-state index in [0.717, 1.165) is 36.0 Å². The molecule has 1 aliphatic rings.